The number of para-hydroxylation sites is 1. The second-order valence-corrected chi connectivity index (χ2v) is 7.49. The number of rotatable bonds is 5. The number of imide groups is 1. The van der Waals surface area contributed by atoms with Gasteiger partial charge in [-0.05, 0) is 43.2 Å². The molecule has 0 unspecified atom stereocenters. The predicted molar refractivity (Wildman–Crippen MR) is 110 cm³/mol. The highest BCUT2D eigenvalue weighted by molar-refractivity contribution is 8.00. The number of urea groups is 1. The number of amides is 3. The van der Waals surface area contributed by atoms with Gasteiger partial charge in [-0.1, -0.05) is 43.0 Å². The molecule has 7 nitrogen and oxygen atoms in total. The number of nitrogens with one attached hydrogen (secondary N) is 1. The van der Waals surface area contributed by atoms with E-state index in [0.29, 0.717) is 21.7 Å². The van der Waals surface area contributed by atoms with Crippen LogP contribution in [0.5, 0.6) is 0 Å². The van der Waals surface area contributed by atoms with Crippen LogP contribution in [0.15, 0.2) is 58.5 Å². The van der Waals surface area contributed by atoms with Crippen molar-refractivity contribution in [2.75, 3.05) is 0 Å². The first-order valence-electron chi connectivity index (χ1n) is 8.78. The summed E-state index contributed by atoms with van der Waals surface area (Å²) >= 11 is 1.09. The van der Waals surface area contributed by atoms with Crippen LogP contribution >= 0.6 is 11.8 Å². The maximum Gasteiger partial charge on any atom is 0.318 e. The zero-order valence-electron chi connectivity index (χ0n) is 15.5. The Labute approximate surface area is 166 Å². The summed E-state index contributed by atoms with van der Waals surface area (Å²) in [5, 5.41) is 2.22. The molecular formula is C20H20N4O3S. The molecule has 0 fully saturated rings. The summed E-state index contributed by atoms with van der Waals surface area (Å²) in [4.78, 5) is 40.8. The maximum atomic E-state index is 13.2. The molecule has 0 radical (unpaired) electrons. The van der Waals surface area contributed by atoms with Gasteiger partial charge in [-0.25, -0.2) is 9.78 Å². The number of carbonyl (C=O) groups is 2. The van der Waals surface area contributed by atoms with E-state index in [1.807, 2.05) is 24.3 Å². The van der Waals surface area contributed by atoms with Crippen LogP contribution in [0.4, 0.5) is 4.79 Å². The van der Waals surface area contributed by atoms with E-state index in [-0.39, 0.29) is 5.56 Å². The van der Waals surface area contributed by atoms with Crippen LogP contribution in [0.25, 0.3) is 16.6 Å². The molecule has 0 bridgehead atoms. The standard InChI is InChI=1S/C20H20N4O3S/c1-3-13-8-10-14(11-9-13)24-18(26)15-6-4-5-7-16(15)22-20(24)28-12(2)17(25)23-19(21)27/h4-12H,3H2,1-2H3,(H3,21,23,25,27)/t12-/m1/s1. The fourth-order valence-corrected chi connectivity index (χ4v) is 3.66. The lowest BCUT2D eigenvalue weighted by atomic mass is 10.1. The van der Waals surface area contributed by atoms with Crippen molar-refractivity contribution >= 4 is 34.6 Å². The quantitative estimate of drug-likeness (QED) is 0.509. The normalized spacial score (nSPS) is 11.9. The van der Waals surface area contributed by atoms with Crippen molar-refractivity contribution in [3.05, 3.63) is 64.4 Å². The number of aromatic nitrogens is 2. The zero-order chi connectivity index (χ0) is 20.3. The number of nitrogens with two attached hydrogens (primary N) is 1. The first kappa shape index (κ1) is 19.6. The largest absolute Gasteiger partial charge is 0.351 e. The second-order valence-electron chi connectivity index (χ2n) is 6.19. The molecule has 144 valence electrons. The third kappa shape index (κ3) is 4.07. The summed E-state index contributed by atoms with van der Waals surface area (Å²) < 4.78 is 1.49. The van der Waals surface area contributed by atoms with Crippen LogP contribution in [0.3, 0.4) is 0 Å². The molecule has 1 atom stereocenters. The molecule has 3 aromatic rings. The molecule has 3 amide bonds. The minimum atomic E-state index is -0.920. The highest BCUT2D eigenvalue weighted by Crippen LogP contribution is 2.25. The van der Waals surface area contributed by atoms with Crippen LogP contribution < -0.4 is 16.6 Å². The topological polar surface area (TPSA) is 107 Å². The summed E-state index contributed by atoms with van der Waals surface area (Å²) in [6.07, 6.45) is 0.886. The molecule has 1 aromatic heterocycles. The fraction of sp³-hybridized carbons (Fsp3) is 0.200. The van der Waals surface area contributed by atoms with Crippen LogP contribution in [-0.2, 0) is 11.2 Å². The highest BCUT2D eigenvalue weighted by Gasteiger charge is 2.21. The summed E-state index contributed by atoms with van der Waals surface area (Å²) in [5.74, 6) is -0.548. The lowest BCUT2D eigenvalue weighted by molar-refractivity contribution is -0.119. The van der Waals surface area contributed by atoms with Crippen molar-refractivity contribution < 1.29 is 9.59 Å². The molecule has 1 heterocycles. The van der Waals surface area contributed by atoms with Gasteiger partial charge in [-0.3, -0.25) is 19.5 Å². The molecule has 0 aliphatic rings. The van der Waals surface area contributed by atoms with Crippen molar-refractivity contribution in [3.63, 3.8) is 0 Å². The lowest BCUT2D eigenvalue weighted by Crippen LogP contribution is -2.39. The summed E-state index contributed by atoms with van der Waals surface area (Å²) in [5.41, 5.74) is 7.14. The molecule has 8 heteroatoms. The monoisotopic (exact) mass is 396 g/mol. The van der Waals surface area contributed by atoms with E-state index < -0.39 is 17.2 Å². The van der Waals surface area contributed by atoms with Crippen LogP contribution in [-0.4, -0.2) is 26.7 Å². The number of nitrogens with zero attached hydrogens (tertiary/aromatic N) is 2. The minimum absolute atomic E-state index is 0.222. The third-order valence-electron chi connectivity index (χ3n) is 4.25. The number of aryl methyl sites for hydroxylation is 1. The number of benzene rings is 2. The molecule has 2 aromatic carbocycles. The van der Waals surface area contributed by atoms with E-state index in [0.717, 1.165) is 23.7 Å². The molecular weight excluding hydrogens is 376 g/mol. The zero-order valence-corrected chi connectivity index (χ0v) is 16.3. The number of primary amides is 1. The average molecular weight is 396 g/mol. The minimum Gasteiger partial charge on any atom is -0.351 e. The van der Waals surface area contributed by atoms with Crippen molar-refractivity contribution in [2.45, 2.75) is 30.7 Å². The average Bonchev–Trinajstić information content (AvgIpc) is 2.68. The summed E-state index contributed by atoms with van der Waals surface area (Å²) in [7, 11) is 0. The Bertz CT molecular complexity index is 1090. The summed E-state index contributed by atoms with van der Waals surface area (Å²) in [6.45, 7) is 3.67. The molecule has 28 heavy (non-hydrogen) atoms. The van der Waals surface area contributed by atoms with Gasteiger partial charge in [0.2, 0.25) is 5.91 Å². The van der Waals surface area contributed by atoms with Gasteiger partial charge in [0.1, 0.15) is 0 Å². The van der Waals surface area contributed by atoms with Crippen LogP contribution in [0.1, 0.15) is 19.4 Å². The van der Waals surface area contributed by atoms with Crippen molar-refractivity contribution in [2.24, 2.45) is 5.73 Å². The molecule has 3 N–H and O–H groups in total. The van der Waals surface area contributed by atoms with Crippen molar-refractivity contribution in [1.29, 1.82) is 0 Å². The Balaban J connectivity index is 2.12. The van der Waals surface area contributed by atoms with Gasteiger partial charge in [-0.15, -0.1) is 0 Å². The van der Waals surface area contributed by atoms with Gasteiger partial charge in [0.15, 0.2) is 5.16 Å². The van der Waals surface area contributed by atoms with Crippen molar-refractivity contribution in [3.8, 4) is 5.69 Å². The third-order valence-corrected chi connectivity index (χ3v) is 5.30. The Morgan fingerprint density at radius 1 is 1.18 bits per heavy atom. The molecule has 0 spiro atoms. The van der Waals surface area contributed by atoms with Gasteiger partial charge in [0.05, 0.1) is 21.8 Å². The first-order valence-corrected chi connectivity index (χ1v) is 9.66. The Kier molecular flexibility index (Phi) is 5.79. The van der Waals surface area contributed by atoms with Gasteiger partial charge >= 0.3 is 6.03 Å². The fourth-order valence-electron chi connectivity index (χ4n) is 2.73. The van der Waals surface area contributed by atoms with E-state index in [9.17, 15) is 14.4 Å². The Morgan fingerprint density at radius 2 is 1.86 bits per heavy atom. The smallest absolute Gasteiger partial charge is 0.318 e. The van der Waals surface area contributed by atoms with E-state index in [2.05, 4.69) is 17.2 Å². The Hall–Kier alpha value is -3.13. The van der Waals surface area contributed by atoms with Gasteiger partial charge in [-0.2, -0.15) is 0 Å². The van der Waals surface area contributed by atoms with Gasteiger partial charge < -0.3 is 5.73 Å². The molecule has 0 saturated carbocycles. The van der Waals surface area contributed by atoms with Crippen LogP contribution in [0.2, 0.25) is 0 Å². The van der Waals surface area contributed by atoms with E-state index in [1.54, 1.807) is 31.2 Å². The molecule has 0 aliphatic carbocycles. The lowest BCUT2D eigenvalue weighted by Gasteiger charge is -2.16. The number of fused-ring (bicyclic) bond motifs is 1. The first-order chi connectivity index (χ1) is 13.4. The number of carbonyl (C=O) groups excluding carboxylic acids is 2. The van der Waals surface area contributed by atoms with E-state index in [1.165, 1.54) is 4.57 Å². The summed E-state index contributed by atoms with van der Waals surface area (Å²) in [6, 6.07) is 13.8. The molecule has 0 aliphatic heterocycles. The van der Waals surface area contributed by atoms with Crippen molar-refractivity contribution in [1.82, 2.24) is 14.9 Å². The maximum absolute atomic E-state index is 13.2. The van der Waals surface area contributed by atoms with E-state index in [4.69, 9.17) is 5.73 Å². The Morgan fingerprint density at radius 3 is 2.50 bits per heavy atom. The van der Waals surface area contributed by atoms with Crippen LogP contribution in [0, 0.1) is 0 Å². The predicted octanol–water partition coefficient (Wildman–Crippen LogP) is 2.62. The highest BCUT2D eigenvalue weighted by atomic mass is 32.2. The second kappa shape index (κ2) is 8.26. The molecule has 0 saturated heterocycles. The molecule has 3 rings (SSSR count). The SMILES string of the molecule is CCc1ccc(-n2c(S[C@H](C)C(=O)NC(N)=O)nc3ccccc3c2=O)cc1. The number of thioether (sulfide) groups is 1. The number of hydrogen-bond acceptors (Lipinski definition) is 5. The number of hydrogen-bond donors (Lipinski definition) is 2. The van der Waals surface area contributed by atoms with Gasteiger partial charge in [0.25, 0.3) is 5.56 Å². The van der Waals surface area contributed by atoms with E-state index >= 15 is 0 Å². The van der Waals surface area contributed by atoms with Gasteiger partial charge in [0, 0.05) is 0 Å².